The summed E-state index contributed by atoms with van der Waals surface area (Å²) in [5.41, 5.74) is 5.63. The summed E-state index contributed by atoms with van der Waals surface area (Å²) in [6.07, 6.45) is 2.33. The molecular formula is C24H23N3O2. The largest absolute Gasteiger partial charge is 0.322 e. The molecule has 1 atom stereocenters. The van der Waals surface area contributed by atoms with Crippen LogP contribution in [0.25, 0.3) is 0 Å². The Morgan fingerprint density at radius 1 is 1.07 bits per heavy atom. The smallest absolute Gasteiger partial charge is 0.277 e. The first-order chi connectivity index (χ1) is 14.0. The van der Waals surface area contributed by atoms with Gasteiger partial charge in [0.05, 0.1) is 0 Å². The number of hydrogen-bond donors (Lipinski definition) is 1. The summed E-state index contributed by atoms with van der Waals surface area (Å²) in [5.74, 6) is -0.450. The van der Waals surface area contributed by atoms with Gasteiger partial charge in [0.1, 0.15) is 5.69 Å². The first-order valence-corrected chi connectivity index (χ1v) is 9.71. The molecule has 29 heavy (non-hydrogen) atoms. The van der Waals surface area contributed by atoms with E-state index in [0.29, 0.717) is 5.56 Å². The number of aromatic nitrogens is 1. The second-order valence-electron chi connectivity index (χ2n) is 7.49. The lowest BCUT2D eigenvalue weighted by Crippen LogP contribution is -2.36. The fraction of sp³-hybridized carbons (Fsp3) is 0.208. The van der Waals surface area contributed by atoms with Crippen LogP contribution in [-0.2, 0) is 6.42 Å². The zero-order chi connectivity index (χ0) is 20.5. The van der Waals surface area contributed by atoms with E-state index in [9.17, 15) is 9.59 Å². The molecule has 2 amide bonds. The molecule has 1 unspecified atom stereocenters. The monoisotopic (exact) mass is 385 g/mol. The van der Waals surface area contributed by atoms with Gasteiger partial charge in [-0.15, -0.1) is 0 Å². The van der Waals surface area contributed by atoms with Crippen LogP contribution in [0.3, 0.4) is 0 Å². The van der Waals surface area contributed by atoms with E-state index in [4.69, 9.17) is 0 Å². The zero-order valence-corrected chi connectivity index (χ0v) is 16.8. The molecule has 3 aromatic rings. The number of anilines is 2. The Morgan fingerprint density at radius 3 is 2.69 bits per heavy atom. The van der Waals surface area contributed by atoms with E-state index in [2.05, 4.69) is 10.3 Å². The van der Waals surface area contributed by atoms with Gasteiger partial charge in [-0.3, -0.25) is 14.6 Å². The van der Waals surface area contributed by atoms with E-state index in [-0.39, 0.29) is 23.6 Å². The molecule has 0 fully saturated rings. The number of amides is 2. The van der Waals surface area contributed by atoms with Crippen molar-refractivity contribution in [1.29, 1.82) is 0 Å². The Kier molecular flexibility index (Phi) is 4.89. The Balaban J connectivity index is 1.60. The second kappa shape index (κ2) is 7.51. The molecule has 146 valence electrons. The fourth-order valence-corrected chi connectivity index (χ4v) is 3.77. The quantitative estimate of drug-likeness (QED) is 0.720. The summed E-state index contributed by atoms with van der Waals surface area (Å²) < 4.78 is 0. The van der Waals surface area contributed by atoms with Crippen LogP contribution < -0.4 is 10.2 Å². The van der Waals surface area contributed by atoms with Crippen molar-refractivity contribution >= 4 is 23.2 Å². The zero-order valence-electron chi connectivity index (χ0n) is 16.8. The van der Waals surface area contributed by atoms with Crippen LogP contribution in [0, 0.1) is 13.8 Å². The molecule has 1 aliphatic rings. The molecule has 1 N–H and O–H groups in total. The van der Waals surface area contributed by atoms with E-state index in [1.807, 2.05) is 63.2 Å². The number of nitrogens with one attached hydrogen (secondary N) is 1. The van der Waals surface area contributed by atoms with E-state index in [1.54, 1.807) is 17.0 Å². The number of benzene rings is 2. The normalized spacial score (nSPS) is 15.1. The predicted octanol–water partition coefficient (Wildman–Crippen LogP) is 4.54. The van der Waals surface area contributed by atoms with Crippen molar-refractivity contribution in [3.63, 3.8) is 0 Å². The lowest BCUT2D eigenvalue weighted by Gasteiger charge is -2.22. The lowest BCUT2D eigenvalue weighted by molar-refractivity contribution is 0.0976. The fourth-order valence-electron chi connectivity index (χ4n) is 3.77. The highest BCUT2D eigenvalue weighted by molar-refractivity contribution is 6.09. The van der Waals surface area contributed by atoms with Crippen molar-refractivity contribution in [2.24, 2.45) is 0 Å². The highest BCUT2D eigenvalue weighted by Crippen LogP contribution is 2.32. The summed E-state index contributed by atoms with van der Waals surface area (Å²) >= 11 is 0. The van der Waals surface area contributed by atoms with E-state index in [0.717, 1.165) is 34.5 Å². The van der Waals surface area contributed by atoms with Crippen molar-refractivity contribution in [2.45, 2.75) is 33.2 Å². The number of carbonyl (C=O) groups is 2. The molecule has 2 heterocycles. The van der Waals surface area contributed by atoms with Crippen molar-refractivity contribution in [3.8, 4) is 0 Å². The predicted molar refractivity (Wildman–Crippen MR) is 115 cm³/mol. The second-order valence-corrected chi connectivity index (χ2v) is 7.49. The lowest BCUT2D eigenvalue weighted by atomic mass is 10.1. The van der Waals surface area contributed by atoms with Gasteiger partial charge in [-0.25, -0.2) is 0 Å². The summed E-state index contributed by atoms with van der Waals surface area (Å²) in [7, 11) is 0. The summed E-state index contributed by atoms with van der Waals surface area (Å²) in [5, 5.41) is 2.94. The van der Waals surface area contributed by atoms with Crippen molar-refractivity contribution in [3.05, 3.63) is 88.7 Å². The number of aryl methyl sites for hydroxylation is 1. The summed E-state index contributed by atoms with van der Waals surface area (Å²) in [6.45, 7) is 6.00. The van der Waals surface area contributed by atoms with E-state index < -0.39 is 0 Å². The van der Waals surface area contributed by atoms with Gasteiger partial charge in [-0.05, 0) is 68.1 Å². The van der Waals surface area contributed by atoms with Gasteiger partial charge in [-0.1, -0.05) is 30.3 Å². The van der Waals surface area contributed by atoms with Crippen LogP contribution in [0.5, 0.6) is 0 Å². The Morgan fingerprint density at radius 2 is 1.86 bits per heavy atom. The molecule has 2 aromatic carbocycles. The molecule has 5 nitrogen and oxygen atoms in total. The van der Waals surface area contributed by atoms with Crippen LogP contribution in [-0.4, -0.2) is 22.8 Å². The number of hydrogen-bond acceptors (Lipinski definition) is 3. The third kappa shape index (κ3) is 3.51. The number of nitrogens with zero attached hydrogens (tertiary/aromatic N) is 2. The average molecular weight is 385 g/mol. The molecule has 1 aromatic heterocycles. The Bertz CT molecular complexity index is 1110. The maximum atomic E-state index is 13.2. The number of fused-ring (bicyclic) bond motifs is 1. The highest BCUT2D eigenvalue weighted by Gasteiger charge is 2.32. The number of para-hydroxylation sites is 1. The van der Waals surface area contributed by atoms with Crippen LogP contribution in [0.4, 0.5) is 11.4 Å². The molecule has 4 rings (SSSR count). The third-order valence-electron chi connectivity index (χ3n) is 5.52. The molecule has 0 bridgehead atoms. The van der Waals surface area contributed by atoms with Crippen LogP contribution in [0.1, 0.15) is 44.5 Å². The maximum absolute atomic E-state index is 13.2. The van der Waals surface area contributed by atoms with Crippen LogP contribution in [0.2, 0.25) is 0 Å². The standard InChI is InChI=1S/C24H23N3O2/c1-15-7-6-9-20(17(15)3)26-23(28)19-11-12-25-21(14-19)24(29)27-16(2)13-18-8-4-5-10-22(18)27/h4-12,14,16H,13H2,1-3H3,(H,26,28). The SMILES string of the molecule is Cc1cccc(NC(=O)c2ccnc(C(=O)N3c4ccccc4CC3C)c2)c1C. The molecule has 0 saturated heterocycles. The average Bonchev–Trinajstić information content (AvgIpc) is 3.06. The topological polar surface area (TPSA) is 62.3 Å². The van der Waals surface area contributed by atoms with Gasteiger partial charge in [0.15, 0.2) is 0 Å². The minimum atomic E-state index is -0.259. The molecule has 0 aliphatic carbocycles. The van der Waals surface area contributed by atoms with Crippen LogP contribution in [0.15, 0.2) is 60.8 Å². The van der Waals surface area contributed by atoms with Gasteiger partial charge < -0.3 is 10.2 Å². The highest BCUT2D eigenvalue weighted by atomic mass is 16.2. The van der Waals surface area contributed by atoms with Crippen LogP contribution >= 0.6 is 0 Å². The minimum absolute atomic E-state index is 0.0501. The molecule has 1 aliphatic heterocycles. The van der Waals surface area contributed by atoms with Gasteiger partial charge >= 0.3 is 0 Å². The van der Waals surface area contributed by atoms with E-state index in [1.165, 1.54) is 6.20 Å². The molecule has 0 radical (unpaired) electrons. The van der Waals surface area contributed by atoms with Crippen molar-refractivity contribution in [2.75, 3.05) is 10.2 Å². The van der Waals surface area contributed by atoms with Gasteiger partial charge in [0, 0.05) is 29.2 Å². The number of carbonyl (C=O) groups excluding carboxylic acids is 2. The van der Waals surface area contributed by atoms with Gasteiger partial charge in [0.25, 0.3) is 11.8 Å². The summed E-state index contributed by atoms with van der Waals surface area (Å²) in [6, 6.07) is 16.9. The number of pyridine rings is 1. The van der Waals surface area contributed by atoms with Gasteiger partial charge in [-0.2, -0.15) is 0 Å². The molecular weight excluding hydrogens is 362 g/mol. The van der Waals surface area contributed by atoms with Gasteiger partial charge in [0.2, 0.25) is 0 Å². The van der Waals surface area contributed by atoms with E-state index >= 15 is 0 Å². The first kappa shape index (κ1) is 18.9. The molecule has 5 heteroatoms. The van der Waals surface area contributed by atoms with Crippen molar-refractivity contribution < 1.29 is 9.59 Å². The first-order valence-electron chi connectivity index (χ1n) is 9.71. The van der Waals surface area contributed by atoms with Crippen molar-refractivity contribution in [1.82, 2.24) is 4.98 Å². The molecule has 0 spiro atoms. The molecule has 0 saturated carbocycles. The third-order valence-corrected chi connectivity index (χ3v) is 5.52. The summed E-state index contributed by atoms with van der Waals surface area (Å²) in [4.78, 5) is 32.0. The number of rotatable bonds is 3. The maximum Gasteiger partial charge on any atom is 0.277 e. The minimum Gasteiger partial charge on any atom is -0.322 e. The Labute approximate surface area is 170 Å². The Hall–Kier alpha value is -3.47.